The number of rotatable bonds is 6. The summed E-state index contributed by atoms with van der Waals surface area (Å²) in [6.07, 6.45) is 5.59. The van der Waals surface area contributed by atoms with Crippen molar-refractivity contribution < 1.29 is 9.59 Å². The average Bonchev–Trinajstić information content (AvgIpc) is 2.81. The van der Waals surface area contributed by atoms with Crippen molar-refractivity contribution in [2.75, 3.05) is 56.0 Å². The first-order valence-electron chi connectivity index (χ1n) is 12.8. The summed E-state index contributed by atoms with van der Waals surface area (Å²) in [7, 11) is 0. The maximum Gasteiger partial charge on any atom is 0.249 e. The predicted octanol–water partition coefficient (Wildman–Crippen LogP) is 1.88. The van der Waals surface area contributed by atoms with Crippen molar-refractivity contribution >= 4 is 34.8 Å². The summed E-state index contributed by atoms with van der Waals surface area (Å²) in [4.78, 5) is 31.1. The Balaban J connectivity index is 1.07. The Morgan fingerprint density at radius 2 is 1.76 bits per heavy atom. The molecule has 1 atom stereocenters. The van der Waals surface area contributed by atoms with Gasteiger partial charge >= 0.3 is 0 Å². The number of hydrogen-bond donors (Lipinski definition) is 3. The zero-order valence-corrected chi connectivity index (χ0v) is 20.6. The molecule has 4 fully saturated rings. The highest BCUT2D eigenvalue weighted by Gasteiger charge is 2.33. The quantitative estimate of drug-likeness (QED) is 0.526. The van der Waals surface area contributed by atoms with E-state index in [1.54, 1.807) is 0 Å². The Morgan fingerprint density at radius 3 is 2.41 bits per heavy atom. The molecule has 1 saturated carbocycles. The van der Waals surface area contributed by atoms with Gasteiger partial charge in [0.1, 0.15) is 6.04 Å². The molecule has 0 aromatic heterocycles. The van der Waals surface area contributed by atoms with Crippen LogP contribution in [0.25, 0.3) is 0 Å². The SMILES string of the molecule is NC1CC(N2CCN(CC3CCN(c4ccc(NC5CCC(=O)NC5=O)c(Cl)c4)CC3)CC2)C1. The summed E-state index contributed by atoms with van der Waals surface area (Å²) in [5.74, 6) is 0.255. The van der Waals surface area contributed by atoms with E-state index in [9.17, 15) is 9.59 Å². The van der Waals surface area contributed by atoms with Crippen molar-refractivity contribution in [3.8, 4) is 0 Å². The summed E-state index contributed by atoms with van der Waals surface area (Å²) in [6, 6.07) is 6.75. The topological polar surface area (TPSA) is 93.9 Å². The molecule has 3 aliphatic heterocycles. The van der Waals surface area contributed by atoms with Crippen LogP contribution in [-0.2, 0) is 9.59 Å². The number of imide groups is 1. The van der Waals surface area contributed by atoms with E-state index in [4.69, 9.17) is 17.3 Å². The van der Waals surface area contributed by atoms with Gasteiger partial charge in [0.15, 0.2) is 0 Å². The number of carbonyl (C=O) groups excluding carboxylic acids is 2. The Labute approximate surface area is 207 Å². The first-order valence-corrected chi connectivity index (χ1v) is 13.2. The van der Waals surface area contributed by atoms with Crippen molar-refractivity contribution in [3.05, 3.63) is 23.2 Å². The van der Waals surface area contributed by atoms with Crippen LogP contribution in [0.3, 0.4) is 0 Å². The van der Waals surface area contributed by atoms with Crippen molar-refractivity contribution in [1.82, 2.24) is 15.1 Å². The van der Waals surface area contributed by atoms with E-state index in [-0.39, 0.29) is 11.8 Å². The van der Waals surface area contributed by atoms with Gasteiger partial charge in [-0.25, -0.2) is 0 Å². The second-order valence-corrected chi connectivity index (χ2v) is 10.9. The fourth-order valence-corrected chi connectivity index (χ4v) is 6.04. The van der Waals surface area contributed by atoms with Gasteiger partial charge in [0.25, 0.3) is 0 Å². The number of nitrogens with one attached hydrogen (secondary N) is 2. The number of hydrogen-bond acceptors (Lipinski definition) is 7. The minimum Gasteiger partial charge on any atom is -0.372 e. The number of anilines is 2. The molecule has 0 spiro atoms. The molecule has 4 N–H and O–H groups in total. The van der Waals surface area contributed by atoms with Crippen LogP contribution in [-0.4, -0.2) is 85.6 Å². The van der Waals surface area contributed by atoms with Crippen LogP contribution in [0.15, 0.2) is 18.2 Å². The molecule has 1 aromatic carbocycles. The fraction of sp³-hybridized carbons (Fsp3) is 0.680. The number of carbonyl (C=O) groups is 2. The number of benzene rings is 1. The number of amides is 2. The highest BCUT2D eigenvalue weighted by atomic mass is 35.5. The highest BCUT2D eigenvalue weighted by Crippen LogP contribution is 2.32. The molecular weight excluding hydrogens is 452 g/mol. The monoisotopic (exact) mass is 488 g/mol. The maximum absolute atomic E-state index is 12.0. The lowest BCUT2D eigenvalue weighted by Gasteiger charge is -2.46. The molecule has 0 radical (unpaired) electrons. The lowest BCUT2D eigenvalue weighted by molar-refractivity contribution is -0.133. The van der Waals surface area contributed by atoms with Gasteiger partial charge in [-0.05, 0) is 56.2 Å². The summed E-state index contributed by atoms with van der Waals surface area (Å²) < 4.78 is 0. The van der Waals surface area contributed by atoms with Gasteiger partial charge in [0.05, 0.1) is 10.7 Å². The van der Waals surface area contributed by atoms with E-state index in [1.807, 2.05) is 12.1 Å². The van der Waals surface area contributed by atoms with Crippen molar-refractivity contribution in [2.24, 2.45) is 11.7 Å². The second kappa shape index (κ2) is 10.4. The third-order valence-electron chi connectivity index (χ3n) is 8.09. The first kappa shape index (κ1) is 23.9. The van der Waals surface area contributed by atoms with Gasteiger partial charge in [0, 0.05) is 70.0 Å². The van der Waals surface area contributed by atoms with Gasteiger partial charge in [-0.2, -0.15) is 0 Å². The van der Waals surface area contributed by atoms with Gasteiger partial charge < -0.3 is 20.9 Å². The number of nitrogens with zero attached hydrogens (tertiary/aromatic N) is 3. The van der Waals surface area contributed by atoms with E-state index in [1.165, 1.54) is 58.4 Å². The number of piperazine rings is 1. The minimum absolute atomic E-state index is 0.214. The predicted molar refractivity (Wildman–Crippen MR) is 135 cm³/mol. The molecule has 4 aliphatic rings. The van der Waals surface area contributed by atoms with E-state index in [0.29, 0.717) is 23.9 Å². The Morgan fingerprint density at radius 1 is 1.03 bits per heavy atom. The molecule has 3 saturated heterocycles. The number of nitrogens with two attached hydrogens (primary N) is 1. The molecule has 186 valence electrons. The fourth-order valence-electron chi connectivity index (χ4n) is 5.81. The molecule has 1 unspecified atom stereocenters. The molecule has 1 aliphatic carbocycles. The first-order chi connectivity index (χ1) is 16.4. The molecule has 2 amide bonds. The van der Waals surface area contributed by atoms with Gasteiger partial charge in [-0.1, -0.05) is 11.6 Å². The van der Waals surface area contributed by atoms with E-state index < -0.39 is 6.04 Å². The molecule has 5 rings (SSSR count). The van der Waals surface area contributed by atoms with Crippen LogP contribution in [0.2, 0.25) is 5.02 Å². The van der Waals surface area contributed by atoms with Crippen molar-refractivity contribution in [1.29, 1.82) is 0 Å². The Hall–Kier alpha value is -1.87. The normalized spacial score (nSPS) is 29.6. The van der Waals surface area contributed by atoms with Gasteiger partial charge in [-0.15, -0.1) is 0 Å². The van der Waals surface area contributed by atoms with Crippen LogP contribution in [0.5, 0.6) is 0 Å². The smallest absolute Gasteiger partial charge is 0.249 e. The van der Waals surface area contributed by atoms with Crippen LogP contribution >= 0.6 is 11.6 Å². The second-order valence-electron chi connectivity index (χ2n) is 10.5. The van der Waals surface area contributed by atoms with Gasteiger partial charge in [0.2, 0.25) is 11.8 Å². The van der Waals surface area contributed by atoms with Crippen molar-refractivity contribution in [3.63, 3.8) is 0 Å². The zero-order chi connectivity index (χ0) is 23.7. The summed E-state index contributed by atoms with van der Waals surface area (Å²) in [5.41, 5.74) is 7.83. The maximum atomic E-state index is 12.0. The van der Waals surface area contributed by atoms with E-state index in [2.05, 4.69) is 31.4 Å². The third kappa shape index (κ3) is 5.51. The molecule has 34 heavy (non-hydrogen) atoms. The van der Waals surface area contributed by atoms with Crippen LogP contribution in [0, 0.1) is 5.92 Å². The van der Waals surface area contributed by atoms with Gasteiger partial charge in [-0.3, -0.25) is 19.8 Å². The summed E-state index contributed by atoms with van der Waals surface area (Å²) in [5, 5.41) is 6.18. The van der Waals surface area contributed by atoms with E-state index in [0.717, 1.165) is 36.4 Å². The Kier molecular flexibility index (Phi) is 7.30. The lowest BCUT2D eigenvalue weighted by Crippen LogP contribution is -2.57. The van der Waals surface area contributed by atoms with E-state index >= 15 is 0 Å². The summed E-state index contributed by atoms with van der Waals surface area (Å²) in [6.45, 7) is 8.04. The molecule has 3 heterocycles. The van der Waals surface area contributed by atoms with Crippen molar-refractivity contribution in [2.45, 2.75) is 56.7 Å². The molecule has 0 bridgehead atoms. The molecule has 8 nitrogen and oxygen atoms in total. The molecule has 9 heteroatoms. The largest absolute Gasteiger partial charge is 0.372 e. The Bertz CT molecular complexity index is 891. The standard InChI is InChI=1S/C25H37ClN6O2/c26-21-15-19(1-2-22(21)28-23-3-4-24(33)29-25(23)34)31-7-5-17(6-8-31)16-30-9-11-32(12-10-30)20-13-18(27)14-20/h1-2,15,17-18,20,23,28H,3-14,16,27H2,(H,29,33,34). The number of piperidine rings is 2. The zero-order valence-electron chi connectivity index (χ0n) is 19.8. The lowest BCUT2D eigenvalue weighted by atomic mass is 9.86. The highest BCUT2D eigenvalue weighted by molar-refractivity contribution is 6.33. The summed E-state index contributed by atoms with van der Waals surface area (Å²) >= 11 is 6.55. The number of halogens is 1. The molecular formula is C25H37ClN6O2. The average molecular weight is 489 g/mol. The minimum atomic E-state index is -0.426. The molecule has 1 aromatic rings. The third-order valence-corrected chi connectivity index (χ3v) is 8.40. The van der Waals surface area contributed by atoms with Crippen LogP contribution in [0.4, 0.5) is 11.4 Å². The van der Waals surface area contributed by atoms with Crippen LogP contribution < -0.4 is 21.3 Å². The van der Waals surface area contributed by atoms with Crippen LogP contribution in [0.1, 0.15) is 38.5 Å².